The number of carbonyl (C=O) groups excluding carboxylic acids is 1. The topological polar surface area (TPSA) is 75.9 Å². The molecule has 1 aliphatic rings. The fourth-order valence-corrected chi connectivity index (χ4v) is 3.39. The van der Waals surface area contributed by atoms with E-state index in [2.05, 4.69) is 57.8 Å². The van der Waals surface area contributed by atoms with Crippen LogP contribution in [0.1, 0.15) is 62.2 Å². The van der Waals surface area contributed by atoms with Crippen molar-refractivity contribution in [3.63, 3.8) is 0 Å². The zero-order chi connectivity index (χ0) is 19.4. The Morgan fingerprint density at radius 1 is 1.22 bits per heavy atom. The maximum atomic E-state index is 12.5. The van der Waals surface area contributed by atoms with Crippen molar-refractivity contribution in [1.82, 2.24) is 30.4 Å². The quantitative estimate of drug-likeness (QED) is 0.809. The summed E-state index contributed by atoms with van der Waals surface area (Å²) < 4.78 is 1.58. The van der Waals surface area contributed by atoms with E-state index in [1.807, 2.05) is 14.0 Å². The molecule has 1 amide bonds. The van der Waals surface area contributed by atoms with E-state index in [-0.39, 0.29) is 18.5 Å². The van der Waals surface area contributed by atoms with Gasteiger partial charge in [0, 0.05) is 6.04 Å². The molecule has 146 valence electrons. The Labute approximate surface area is 161 Å². The number of hydrogen-bond acceptors (Lipinski definition) is 5. The van der Waals surface area contributed by atoms with E-state index in [1.165, 1.54) is 30.4 Å². The first-order chi connectivity index (χ1) is 12.9. The lowest BCUT2D eigenvalue weighted by Crippen LogP contribution is -2.32. The standard InChI is InChI=1S/C20H30N6O/c1-14(2)25(4)12-19-22-23-24-26(19)13-20(27)21-15(3)17-10-9-16-7-5-6-8-18(16)11-17/h9-11,14-15H,5-8,12-13H2,1-4H3,(H,21,27)/t15-/m1/s1. The fourth-order valence-electron chi connectivity index (χ4n) is 3.39. The van der Waals surface area contributed by atoms with E-state index in [4.69, 9.17) is 0 Å². The number of amides is 1. The SMILES string of the molecule is CC(C)N(C)Cc1nnnn1CC(=O)N[C@H](C)c1ccc2c(c1)CCCC2. The largest absolute Gasteiger partial charge is 0.348 e. The average molecular weight is 371 g/mol. The Morgan fingerprint density at radius 2 is 1.96 bits per heavy atom. The summed E-state index contributed by atoms with van der Waals surface area (Å²) in [4.78, 5) is 14.6. The Morgan fingerprint density at radius 3 is 2.70 bits per heavy atom. The monoisotopic (exact) mass is 370 g/mol. The van der Waals surface area contributed by atoms with Crippen molar-refractivity contribution >= 4 is 5.91 Å². The van der Waals surface area contributed by atoms with E-state index in [9.17, 15) is 4.79 Å². The summed E-state index contributed by atoms with van der Waals surface area (Å²) >= 11 is 0. The first-order valence-electron chi connectivity index (χ1n) is 9.80. The molecule has 1 atom stereocenters. The second kappa shape index (κ2) is 8.61. The van der Waals surface area contributed by atoms with Crippen molar-refractivity contribution in [2.45, 2.75) is 71.6 Å². The van der Waals surface area contributed by atoms with Crippen LogP contribution in [0.3, 0.4) is 0 Å². The maximum absolute atomic E-state index is 12.5. The molecule has 0 radical (unpaired) electrons. The summed E-state index contributed by atoms with van der Waals surface area (Å²) in [6, 6.07) is 6.94. The van der Waals surface area contributed by atoms with E-state index in [0.717, 1.165) is 12.0 Å². The van der Waals surface area contributed by atoms with Crippen LogP contribution in [0, 0.1) is 0 Å². The summed E-state index contributed by atoms with van der Waals surface area (Å²) in [7, 11) is 2.02. The summed E-state index contributed by atoms with van der Waals surface area (Å²) in [5.74, 6) is 0.615. The van der Waals surface area contributed by atoms with Crippen molar-refractivity contribution in [2.24, 2.45) is 0 Å². The molecule has 1 aromatic carbocycles. The number of aryl methyl sites for hydroxylation is 2. The minimum atomic E-state index is -0.0824. The summed E-state index contributed by atoms with van der Waals surface area (Å²) in [5.41, 5.74) is 4.04. The van der Waals surface area contributed by atoms with Crippen molar-refractivity contribution < 1.29 is 4.79 Å². The van der Waals surface area contributed by atoms with Gasteiger partial charge in [0.15, 0.2) is 5.82 Å². The van der Waals surface area contributed by atoms with E-state index in [1.54, 1.807) is 4.68 Å². The molecule has 0 aliphatic heterocycles. The van der Waals surface area contributed by atoms with Crippen LogP contribution in [0.2, 0.25) is 0 Å². The molecule has 7 nitrogen and oxygen atoms in total. The van der Waals surface area contributed by atoms with Crippen LogP contribution < -0.4 is 5.32 Å². The van der Waals surface area contributed by atoms with Gasteiger partial charge < -0.3 is 5.32 Å². The lowest BCUT2D eigenvalue weighted by Gasteiger charge is -2.21. The summed E-state index contributed by atoms with van der Waals surface area (Å²) in [5, 5.41) is 14.8. The number of hydrogen-bond donors (Lipinski definition) is 1. The first kappa shape index (κ1) is 19.5. The first-order valence-corrected chi connectivity index (χ1v) is 9.80. The molecule has 0 saturated heterocycles. The molecule has 0 saturated carbocycles. The van der Waals surface area contributed by atoms with Crippen molar-refractivity contribution in [1.29, 1.82) is 0 Å². The number of fused-ring (bicyclic) bond motifs is 1. The Bertz CT molecular complexity index is 785. The molecule has 2 aromatic rings. The van der Waals surface area contributed by atoms with Gasteiger partial charge in [0.05, 0.1) is 12.6 Å². The van der Waals surface area contributed by atoms with Crippen molar-refractivity contribution in [3.05, 3.63) is 40.7 Å². The molecular weight excluding hydrogens is 340 g/mol. The van der Waals surface area contributed by atoms with Crippen LogP contribution in [0.5, 0.6) is 0 Å². The Hall–Kier alpha value is -2.28. The van der Waals surface area contributed by atoms with Gasteiger partial charge in [-0.05, 0) is 80.6 Å². The molecule has 27 heavy (non-hydrogen) atoms. The van der Waals surface area contributed by atoms with Crippen molar-refractivity contribution in [2.75, 3.05) is 7.05 Å². The molecule has 1 aromatic heterocycles. The van der Waals surface area contributed by atoms with Gasteiger partial charge in [-0.1, -0.05) is 18.2 Å². The van der Waals surface area contributed by atoms with Gasteiger partial charge in [-0.3, -0.25) is 9.69 Å². The van der Waals surface area contributed by atoms with Crippen molar-refractivity contribution in [3.8, 4) is 0 Å². The summed E-state index contributed by atoms with van der Waals surface area (Å²) in [6.07, 6.45) is 4.84. The third-order valence-electron chi connectivity index (χ3n) is 5.42. The molecule has 0 unspecified atom stereocenters. The minimum Gasteiger partial charge on any atom is -0.348 e. The number of tetrazole rings is 1. The molecule has 0 bridgehead atoms. The predicted molar refractivity (Wildman–Crippen MR) is 104 cm³/mol. The number of nitrogens with one attached hydrogen (secondary N) is 1. The van der Waals surface area contributed by atoms with Gasteiger partial charge >= 0.3 is 0 Å². The molecule has 3 rings (SSSR count). The van der Waals surface area contributed by atoms with Crippen LogP contribution >= 0.6 is 0 Å². The number of rotatable bonds is 7. The predicted octanol–water partition coefficient (Wildman–Crippen LogP) is 2.27. The smallest absolute Gasteiger partial charge is 0.242 e. The zero-order valence-electron chi connectivity index (χ0n) is 16.8. The number of aromatic nitrogens is 4. The van der Waals surface area contributed by atoms with Gasteiger partial charge in [0.1, 0.15) is 6.54 Å². The molecule has 0 spiro atoms. The van der Waals surface area contributed by atoms with Gasteiger partial charge in [0.2, 0.25) is 5.91 Å². The van der Waals surface area contributed by atoms with Crippen LogP contribution in [-0.2, 0) is 30.7 Å². The third kappa shape index (κ3) is 4.91. The Kier molecular flexibility index (Phi) is 6.21. The van der Waals surface area contributed by atoms with Crippen LogP contribution in [-0.4, -0.2) is 44.1 Å². The fraction of sp³-hybridized carbons (Fsp3) is 0.600. The molecule has 1 aliphatic carbocycles. The lowest BCUT2D eigenvalue weighted by molar-refractivity contribution is -0.122. The van der Waals surface area contributed by atoms with Crippen LogP contribution in [0.15, 0.2) is 18.2 Å². The van der Waals surface area contributed by atoms with Gasteiger partial charge in [-0.15, -0.1) is 5.10 Å². The second-order valence-corrected chi connectivity index (χ2v) is 7.79. The number of benzene rings is 1. The summed E-state index contributed by atoms with van der Waals surface area (Å²) in [6.45, 7) is 6.99. The highest BCUT2D eigenvalue weighted by molar-refractivity contribution is 5.76. The zero-order valence-corrected chi connectivity index (χ0v) is 16.8. The maximum Gasteiger partial charge on any atom is 0.242 e. The highest BCUT2D eigenvalue weighted by Gasteiger charge is 2.17. The number of carbonyl (C=O) groups is 1. The highest BCUT2D eigenvalue weighted by atomic mass is 16.2. The third-order valence-corrected chi connectivity index (χ3v) is 5.42. The average Bonchev–Trinajstić information content (AvgIpc) is 3.07. The van der Waals surface area contributed by atoms with Crippen LogP contribution in [0.4, 0.5) is 0 Å². The van der Waals surface area contributed by atoms with E-state index < -0.39 is 0 Å². The minimum absolute atomic E-state index is 0.0389. The second-order valence-electron chi connectivity index (χ2n) is 7.79. The van der Waals surface area contributed by atoms with E-state index >= 15 is 0 Å². The lowest BCUT2D eigenvalue weighted by atomic mass is 9.89. The number of nitrogens with zero attached hydrogens (tertiary/aromatic N) is 5. The van der Waals surface area contributed by atoms with Crippen LogP contribution in [0.25, 0.3) is 0 Å². The molecule has 0 fully saturated rings. The molecular formula is C20H30N6O. The van der Waals surface area contributed by atoms with Gasteiger partial charge in [-0.2, -0.15) is 0 Å². The molecule has 1 N–H and O–H groups in total. The normalized spacial score (nSPS) is 15.0. The van der Waals surface area contributed by atoms with Gasteiger partial charge in [-0.25, -0.2) is 4.68 Å². The van der Waals surface area contributed by atoms with Gasteiger partial charge in [0.25, 0.3) is 0 Å². The molecule has 7 heteroatoms. The van der Waals surface area contributed by atoms with E-state index in [0.29, 0.717) is 18.4 Å². The molecule has 1 heterocycles. The Balaban J connectivity index is 1.60. The highest BCUT2D eigenvalue weighted by Crippen LogP contribution is 2.24.